The lowest BCUT2D eigenvalue weighted by atomic mass is 10.1. The number of carbonyl (C=O) groups is 1. The highest BCUT2D eigenvalue weighted by Crippen LogP contribution is 2.27. The van der Waals surface area contributed by atoms with Gasteiger partial charge in [0.2, 0.25) is 5.91 Å². The zero-order valence-electron chi connectivity index (χ0n) is 17.5. The van der Waals surface area contributed by atoms with Gasteiger partial charge >= 0.3 is 0 Å². The predicted octanol–water partition coefficient (Wildman–Crippen LogP) is 1.42. The van der Waals surface area contributed by atoms with E-state index < -0.39 is 0 Å². The van der Waals surface area contributed by atoms with E-state index in [-0.39, 0.29) is 18.0 Å². The number of aromatic nitrogens is 4. The van der Waals surface area contributed by atoms with Crippen LogP contribution in [0.1, 0.15) is 17.0 Å². The molecule has 0 saturated heterocycles. The van der Waals surface area contributed by atoms with Crippen LogP contribution in [0.3, 0.4) is 0 Å². The van der Waals surface area contributed by atoms with Crippen molar-refractivity contribution >= 4 is 5.91 Å². The molecule has 0 bridgehead atoms. The monoisotopic (exact) mass is 411 g/mol. The van der Waals surface area contributed by atoms with Crippen LogP contribution in [-0.4, -0.2) is 46.2 Å². The second kappa shape index (κ2) is 9.25. The van der Waals surface area contributed by atoms with Crippen LogP contribution >= 0.6 is 0 Å². The normalized spacial score (nSPS) is 10.7. The molecule has 0 atom stereocenters. The Balaban J connectivity index is 1.62. The van der Waals surface area contributed by atoms with Gasteiger partial charge < -0.3 is 14.8 Å². The van der Waals surface area contributed by atoms with Crippen molar-refractivity contribution in [2.24, 2.45) is 0 Å². The van der Waals surface area contributed by atoms with Crippen molar-refractivity contribution in [2.45, 2.75) is 26.8 Å². The van der Waals surface area contributed by atoms with Crippen molar-refractivity contribution < 1.29 is 14.3 Å². The first-order valence-electron chi connectivity index (χ1n) is 9.50. The first-order valence-corrected chi connectivity index (χ1v) is 9.50. The Morgan fingerprint density at radius 2 is 1.80 bits per heavy atom. The van der Waals surface area contributed by atoms with Crippen molar-refractivity contribution in [3.8, 4) is 17.3 Å². The Bertz CT molecular complexity index is 1100. The number of nitrogens with one attached hydrogen (secondary N) is 1. The second-order valence-electron chi connectivity index (χ2n) is 6.82. The van der Waals surface area contributed by atoms with E-state index in [1.165, 1.54) is 6.07 Å². The third-order valence-corrected chi connectivity index (χ3v) is 4.56. The zero-order chi connectivity index (χ0) is 21.7. The smallest absolute Gasteiger partial charge is 0.267 e. The molecule has 1 N–H and O–H groups in total. The van der Waals surface area contributed by atoms with Gasteiger partial charge in [-0.3, -0.25) is 9.59 Å². The first kappa shape index (κ1) is 21.1. The molecule has 0 radical (unpaired) electrons. The quantitative estimate of drug-likeness (QED) is 0.602. The molecule has 30 heavy (non-hydrogen) atoms. The average molecular weight is 411 g/mol. The molecule has 158 valence electrons. The molecule has 3 rings (SSSR count). The molecule has 0 aliphatic rings. The number of methoxy groups -OCH3 is 2. The number of nitrogens with zero attached hydrogens (tertiary/aromatic N) is 4. The molecule has 2 heterocycles. The van der Waals surface area contributed by atoms with Crippen LogP contribution in [0.5, 0.6) is 11.5 Å². The van der Waals surface area contributed by atoms with E-state index >= 15 is 0 Å². The number of amides is 1. The lowest BCUT2D eigenvalue weighted by molar-refractivity contribution is -0.121. The van der Waals surface area contributed by atoms with Crippen LogP contribution in [0.4, 0.5) is 0 Å². The number of ether oxygens (including phenoxy) is 2. The molecule has 9 nitrogen and oxygen atoms in total. The summed E-state index contributed by atoms with van der Waals surface area (Å²) in [7, 11) is 3.16. The molecule has 0 aliphatic carbocycles. The number of hydrogen-bond acceptors (Lipinski definition) is 6. The highest BCUT2D eigenvalue weighted by atomic mass is 16.5. The minimum absolute atomic E-state index is 0.169. The number of hydrogen-bond donors (Lipinski definition) is 1. The lowest BCUT2D eigenvalue weighted by Gasteiger charge is -2.11. The van der Waals surface area contributed by atoms with Crippen LogP contribution in [0.25, 0.3) is 5.82 Å². The molecule has 0 spiro atoms. The fraction of sp³-hybridized carbons (Fsp3) is 0.333. The van der Waals surface area contributed by atoms with Gasteiger partial charge in [-0.2, -0.15) is 5.10 Å². The summed E-state index contributed by atoms with van der Waals surface area (Å²) in [6.45, 7) is 4.03. The standard InChI is InChI=1S/C21H25N5O4/c1-14-11-15(2)26(23-14)19-7-8-21(28)25(24-19)13-20(27)22-10-9-16-5-6-17(29-3)18(12-16)30-4/h5-8,11-12H,9-10,13H2,1-4H3,(H,22,27). The Morgan fingerprint density at radius 3 is 2.47 bits per heavy atom. The van der Waals surface area contributed by atoms with Gasteiger partial charge in [0.05, 0.1) is 19.9 Å². The number of carbonyl (C=O) groups excluding carboxylic acids is 1. The van der Waals surface area contributed by atoms with Gasteiger partial charge in [0.15, 0.2) is 17.3 Å². The van der Waals surface area contributed by atoms with Gasteiger partial charge in [-0.1, -0.05) is 6.07 Å². The summed E-state index contributed by atoms with van der Waals surface area (Å²) in [5.41, 5.74) is 2.38. The molecule has 0 fully saturated rings. The van der Waals surface area contributed by atoms with Crippen molar-refractivity contribution in [1.29, 1.82) is 0 Å². The van der Waals surface area contributed by atoms with Gasteiger partial charge in [0.25, 0.3) is 5.56 Å². The van der Waals surface area contributed by atoms with Crippen LogP contribution < -0.4 is 20.3 Å². The summed E-state index contributed by atoms with van der Waals surface area (Å²) in [6, 6.07) is 10.5. The van der Waals surface area contributed by atoms with Crippen LogP contribution in [0, 0.1) is 13.8 Å². The number of benzene rings is 1. The molecule has 9 heteroatoms. The van der Waals surface area contributed by atoms with Crippen molar-refractivity contribution in [3.63, 3.8) is 0 Å². The van der Waals surface area contributed by atoms with E-state index in [9.17, 15) is 9.59 Å². The maximum atomic E-state index is 12.3. The number of aryl methyl sites for hydroxylation is 2. The predicted molar refractivity (Wildman–Crippen MR) is 111 cm³/mol. The van der Waals surface area contributed by atoms with Gasteiger partial charge in [-0.15, -0.1) is 5.10 Å². The van der Waals surface area contributed by atoms with Crippen molar-refractivity contribution in [3.05, 3.63) is 63.7 Å². The van der Waals surface area contributed by atoms with E-state index in [4.69, 9.17) is 9.47 Å². The first-order chi connectivity index (χ1) is 14.4. The maximum absolute atomic E-state index is 12.3. The molecule has 2 aromatic heterocycles. The Kier molecular flexibility index (Phi) is 6.51. The molecule has 1 amide bonds. The molecule has 3 aromatic rings. The molecule has 0 saturated carbocycles. The van der Waals surface area contributed by atoms with Gasteiger partial charge in [0, 0.05) is 18.3 Å². The largest absolute Gasteiger partial charge is 0.493 e. The Morgan fingerprint density at radius 1 is 1.03 bits per heavy atom. The van der Waals surface area contributed by atoms with E-state index in [0.717, 1.165) is 21.6 Å². The van der Waals surface area contributed by atoms with Gasteiger partial charge in [0.1, 0.15) is 6.54 Å². The van der Waals surface area contributed by atoms with Crippen LogP contribution in [-0.2, 0) is 17.8 Å². The van der Waals surface area contributed by atoms with E-state index in [0.29, 0.717) is 30.3 Å². The highest BCUT2D eigenvalue weighted by Gasteiger charge is 2.10. The minimum Gasteiger partial charge on any atom is -0.493 e. The lowest BCUT2D eigenvalue weighted by Crippen LogP contribution is -2.34. The summed E-state index contributed by atoms with van der Waals surface area (Å²) >= 11 is 0. The van der Waals surface area contributed by atoms with Crippen LogP contribution in [0.15, 0.2) is 41.2 Å². The fourth-order valence-electron chi connectivity index (χ4n) is 3.10. The summed E-state index contributed by atoms with van der Waals surface area (Å²) in [4.78, 5) is 24.4. The molecule has 1 aromatic carbocycles. The highest BCUT2D eigenvalue weighted by molar-refractivity contribution is 5.75. The molecule has 0 aliphatic heterocycles. The number of rotatable bonds is 8. The van der Waals surface area contributed by atoms with Crippen molar-refractivity contribution in [2.75, 3.05) is 20.8 Å². The summed E-state index contributed by atoms with van der Waals surface area (Å²) in [6.07, 6.45) is 0.611. The molecular formula is C21H25N5O4. The third kappa shape index (κ3) is 4.86. The van der Waals surface area contributed by atoms with E-state index in [2.05, 4.69) is 15.5 Å². The second-order valence-corrected chi connectivity index (χ2v) is 6.82. The fourth-order valence-corrected chi connectivity index (χ4v) is 3.10. The van der Waals surface area contributed by atoms with Crippen LogP contribution in [0.2, 0.25) is 0 Å². The average Bonchev–Trinajstić information content (AvgIpc) is 3.07. The SMILES string of the molecule is COc1ccc(CCNC(=O)Cn2nc(-n3nc(C)cc3C)ccc2=O)cc1OC. The molecular weight excluding hydrogens is 386 g/mol. The van der Waals surface area contributed by atoms with Crippen molar-refractivity contribution in [1.82, 2.24) is 24.9 Å². The molecule has 0 unspecified atom stereocenters. The van der Waals surface area contributed by atoms with Gasteiger partial charge in [-0.05, 0) is 50.1 Å². The minimum atomic E-state index is -0.352. The Hall–Kier alpha value is -3.62. The maximum Gasteiger partial charge on any atom is 0.267 e. The third-order valence-electron chi connectivity index (χ3n) is 4.56. The zero-order valence-corrected chi connectivity index (χ0v) is 17.5. The van der Waals surface area contributed by atoms with E-state index in [1.54, 1.807) is 25.0 Å². The van der Waals surface area contributed by atoms with Gasteiger partial charge in [-0.25, -0.2) is 9.36 Å². The Labute approximate surface area is 174 Å². The summed E-state index contributed by atoms with van der Waals surface area (Å²) < 4.78 is 13.3. The topological polar surface area (TPSA) is 100 Å². The summed E-state index contributed by atoms with van der Waals surface area (Å²) in [5, 5.41) is 11.5. The van der Waals surface area contributed by atoms with E-state index in [1.807, 2.05) is 38.1 Å². The summed E-state index contributed by atoms with van der Waals surface area (Å²) in [5.74, 6) is 1.48.